The Labute approximate surface area is 144 Å². The van der Waals surface area contributed by atoms with E-state index in [4.69, 9.17) is 9.15 Å². The van der Waals surface area contributed by atoms with Crippen LogP contribution in [0.1, 0.15) is 60.1 Å². The molecule has 136 valence electrons. The van der Waals surface area contributed by atoms with Crippen LogP contribution in [-0.2, 0) is 21.5 Å². The molecule has 0 bridgehead atoms. The van der Waals surface area contributed by atoms with Gasteiger partial charge in [0, 0.05) is 12.0 Å². The number of nitrogens with one attached hydrogen (secondary N) is 2. The van der Waals surface area contributed by atoms with Crippen LogP contribution in [0.4, 0.5) is 0 Å². The summed E-state index contributed by atoms with van der Waals surface area (Å²) in [5.74, 6) is 1.53. The van der Waals surface area contributed by atoms with Gasteiger partial charge in [-0.1, -0.05) is 20.8 Å². The van der Waals surface area contributed by atoms with Gasteiger partial charge in [-0.25, -0.2) is 9.98 Å². The zero-order valence-electron chi connectivity index (χ0n) is 15.8. The lowest BCUT2D eigenvalue weighted by Gasteiger charge is -2.20. The van der Waals surface area contributed by atoms with Crippen LogP contribution in [0, 0.1) is 0 Å². The highest BCUT2D eigenvalue weighted by molar-refractivity contribution is 5.84. The van der Waals surface area contributed by atoms with E-state index < -0.39 is 5.60 Å². The van der Waals surface area contributed by atoms with Gasteiger partial charge in [-0.3, -0.25) is 4.79 Å². The number of ether oxygens (including phenoxy) is 1. The molecule has 0 aliphatic rings. The van der Waals surface area contributed by atoms with E-state index in [2.05, 4.69) is 41.4 Å². The third kappa shape index (κ3) is 7.48. The van der Waals surface area contributed by atoms with Gasteiger partial charge in [0.1, 0.15) is 24.5 Å². The molecule has 1 heterocycles. The molecule has 1 aromatic heterocycles. The fraction of sp³-hybridized carbons (Fsp3) is 0.706. The summed E-state index contributed by atoms with van der Waals surface area (Å²) in [5, 5.41) is 6.01. The van der Waals surface area contributed by atoms with Crippen LogP contribution >= 0.6 is 0 Å². The summed E-state index contributed by atoms with van der Waals surface area (Å²) in [6.07, 6.45) is 1.73. The van der Waals surface area contributed by atoms with Gasteiger partial charge >= 0.3 is 5.97 Å². The molecule has 0 spiro atoms. The zero-order valence-corrected chi connectivity index (χ0v) is 15.8. The molecule has 0 aromatic carbocycles. The Morgan fingerprint density at radius 3 is 2.42 bits per heavy atom. The first kappa shape index (κ1) is 20.0. The molecular formula is C17H30N4O3. The third-order valence-corrected chi connectivity index (χ3v) is 2.83. The second-order valence-corrected chi connectivity index (χ2v) is 7.50. The summed E-state index contributed by atoms with van der Waals surface area (Å²) < 4.78 is 11.0. The third-order valence-electron chi connectivity index (χ3n) is 2.83. The van der Waals surface area contributed by atoms with Crippen molar-refractivity contribution in [1.82, 2.24) is 15.6 Å². The number of hydrogen-bond acceptors (Lipinski definition) is 5. The van der Waals surface area contributed by atoms with Gasteiger partial charge in [0.2, 0.25) is 5.89 Å². The van der Waals surface area contributed by atoms with Gasteiger partial charge in [-0.15, -0.1) is 0 Å². The van der Waals surface area contributed by atoms with Crippen LogP contribution in [0.3, 0.4) is 0 Å². The smallest absolute Gasteiger partial charge is 0.325 e. The Morgan fingerprint density at radius 2 is 1.92 bits per heavy atom. The normalized spacial score (nSPS) is 12.9. The van der Waals surface area contributed by atoms with Crippen LogP contribution in [0.2, 0.25) is 0 Å². The number of oxazole rings is 1. The van der Waals surface area contributed by atoms with Gasteiger partial charge in [0.05, 0.1) is 6.20 Å². The topological polar surface area (TPSA) is 88.8 Å². The minimum absolute atomic E-state index is 0.0436. The zero-order chi connectivity index (χ0) is 18.4. The van der Waals surface area contributed by atoms with Crippen molar-refractivity contribution in [2.75, 3.05) is 13.1 Å². The lowest BCUT2D eigenvalue weighted by molar-refractivity contribution is -0.153. The highest BCUT2D eigenvalue weighted by Crippen LogP contribution is 2.22. The highest BCUT2D eigenvalue weighted by Gasteiger charge is 2.19. The Bertz CT molecular complexity index is 565. The predicted octanol–water partition coefficient (Wildman–Crippen LogP) is 2.37. The quantitative estimate of drug-likeness (QED) is 0.487. The number of rotatable bonds is 5. The van der Waals surface area contributed by atoms with Gasteiger partial charge in [-0.05, 0) is 27.7 Å². The van der Waals surface area contributed by atoms with Crippen molar-refractivity contribution in [3.8, 4) is 0 Å². The second kappa shape index (κ2) is 8.17. The second-order valence-electron chi connectivity index (χ2n) is 7.50. The van der Waals surface area contributed by atoms with Gasteiger partial charge in [0.15, 0.2) is 5.96 Å². The van der Waals surface area contributed by atoms with E-state index in [0.717, 1.165) is 5.76 Å². The van der Waals surface area contributed by atoms with Crippen LogP contribution in [-0.4, -0.2) is 35.6 Å². The Hall–Kier alpha value is -2.05. The molecule has 7 nitrogen and oxygen atoms in total. The highest BCUT2D eigenvalue weighted by atomic mass is 16.6. The number of aromatic nitrogens is 1. The largest absolute Gasteiger partial charge is 0.459 e. The first-order chi connectivity index (χ1) is 11.0. The number of guanidine groups is 1. The van der Waals surface area contributed by atoms with Crippen molar-refractivity contribution >= 4 is 11.9 Å². The van der Waals surface area contributed by atoms with E-state index in [-0.39, 0.29) is 17.9 Å². The van der Waals surface area contributed by atoms with Crippen molar-refractivity contribution in [2.45, 2.75) is 66.0 Å². The molecule has 0 saturated carbocycles. The molecule has 0 saturated heterocycles. The molecule has 0 aliphatic carbocycles. The van der Waals surface area contributed by atoms with E-state index in [0.29, 0.717) is 24.9 Å². The summed E-state index contributed by atoms with van der Waals surface area (Å²) >= 11 is 0. The van der Waals surface area contributed by atoms with E-state index in [1.807, 2.05) is 27.7 Å². The van der Waals surface area contributed by atoms with Crippen LogP contribution in [0.5, 0.6) is 0 Å². The number of aliphatic imine (C=N–C) groups is 1. The summed E-state index contributed by atoms with van der Waals surface area (Å²) in [6.45, 7) is 14.7. The summed E-state index contributed by atoms with van der Waals surface area (Å²) in [7, 11) is 0. The predicted molar refractivity (Wildman–Crippen MR) is 93.9 cm³/mol. The molecule has 0 unspecified atom stereocenters. The van der Waals surface area contributed by atoms with Crippen molar-refractivity contribution in [2.24, 2.45) is 4.99 Å². The van der Waals surface area contributed by atoms with Crippen molar-refractivity contribution < 1.29 is 13.9 Å². The summed E-state index contributed by atoms with van der Waals surface area (Å²) in [5.41, 5.74) is -0.593. The van der Waals surface area contributed by atoms with Crippen LogP contribution in [0.25, 0.3) is 0 Å². The molecule has 0 amide bonds. The van der Waals surface area contributed by atoms with Crippen molar-refractivity contribution in [1.29, 1.82) is 0 Å². The molecule has 1 aromatic rings. The molecule has 1 rings (SSSR count). The maximum Gasteiger partial charge on any atom is 0.325 e. The Balaban J connectivity index is 2.62. The van der Waals surface area contributed by atoms with Crippen molar-refractivity contribution in [3.63, 3.8) is 0 Å². The average Bonchev–Trinajstić information content (AvgIpc) is 2.89. The maximum atomic E-state index is 11.8. The molecule has 0 radical (unpaired) electrons. The SMILES string of the molecule is CCNC(=NCc1ncc(C(C)(C)C)o1)NCC(=O)OC(C)(C)C. The van der Waals surface area contributed by atoms with Crippen LogP contribution < -0.4 is 10.6 Å². The molecule has 24 heavy (non-hydrogen) atoms. The Morgan fingerprint density at radius 1 is 1.25 bits per heavy atom. The minimum atomic E-state index is -0.504. The van der Waals surface area contributed by atoms with Gasteiger partial charge in [-0.2, -0.15) is 0 Å². The molecule has 0 fully saturated rings. The lowest BCUT2D eigenvalue weighted by Crippen LogP contribution is -2.41. The van der Waals surface area contributed by atoms with Gasteiger partial charge in [0.25, 0.3) is 0 Å². The van der Waals surface area contributed by atoms with E-state index in [9.17, 15) is 4.79 Å². The van der Waals surface area contributed by atoms with Crippen molar-refractivity contribution in [3.05, 3.63) is 17.8 Å². The average molecular weight is 338 g/mol. The maximum absolute atomic E-state index is 11.8. The Kier molecular flexibility index (Phi) is 6.81. The first-order valence-electron chi connectivity index (χ1n) is 8.20. The molecular weight excluding hydrogens is 308 g/mol. The number of esters is 1. The fourth-order valence-corrected chi connectivity index (χ4v) is 1.75. The van der Waals surface area contributed by atoms with E-state index in [1.54, 1.807) is 6.20 Å². The number of hydrogen-bond donors (Lipinski definition) is 2. The van der Waals surface area contributed by atoms with E-state index in [1.165, 1.54) is 0 Å². The molecule has 0 atom stereocenters. The first-order valence-corrected chi connectivity index (χ1v) is 8.20. The van der Waals surface area contributed by atoms with E-state index >= 15 is 0 Å². The minimum Gasteiger partial charge on any atom is -0.459 e. The lowest BCUT2D eigenvalue weighted by atomic mass is 9.94. The summed E-state index contributed by atoms with van der Waals surface area (Å²) in [6, 6.07) is 0. The monoisotopic (exact) mass is 338 g/mol. The molecule has 7 heteroatoms. The molecule has 2 N–H and O–H groups in total. The van der Waals surface area contributed by atoms with Gasteiger partial charge < -0.3 is 19.8 Å². The fourth-order valence-electron chi connectivity index (χ4n) is 1.75. The number of carbonyl (C=O) groups excluding carboxylic acids is 1. The van der Waals surface area contributed by atoms with Crippen LogP contribution in [0.15, 0.2) is 15.6 Å². The number of carbonyl (C=O) groups is 1. The standard InChI is InChI=1S/C17H30N4O3/c1-8-18-15(21-11-14(22)24-17(5,6)7)20-10-13-19-9-12(23-13)16(2,3)4/h9H,8,10-11H2,1-7H3,(H2,18,20,21). The molecule has 0 aliphatic heterocycles. The summed E-state index contributed by atoms with van der Waals surface area (Å²) in [4.78, 5) is 20.4. The number of nitrogens with zero attached hydrogens (tertiary/aromatic N) is 2.